The van der Waals surface area contributed by atoms with Crippen LogP contribution in [0.25, 0.3) is 0 Å². The Bertz CT molecular complexity index is 1270. The minimum atomic E-state index is -3.80. The Balaban J connectivity index is 1.64. The Morgan fingerprint density at radius 1 is 1.06 bits per heavy atom. The first-order valence-corrected chi connectivity index (χ1v) is 12.1. The largest absolute Gasteiger partial charge is 0.307 e. The molecule has 1 aromatic heterocycles. The molecule has 1 N–H and O–H groups in total. The zero-order chi connectivity index (χ0) is 23.1. The van der Waals surface area contributed by atoms with Crippen molar-refractivity contribution in [2.45, 2.75) is 51.0 Å². The maximum absolute atomic E-state index is 13.5. The average Bonchev–Trinajstić information content (AvgIpc) is 3.14. The van der Waals surface area contributed by atoms with Crippen molar-refractivity contribution >= 4 is 27.4 Å². The number of carbonyl (C=O) groups excluding carboxylic acids is 1. The summed E-state index contributed by atoms with van der Waals surface area (Å²) in [4.78, 5) is 13.1. The molecule has 0 aliphatic carbocycles. The van der Waals surface area contributed by atoms with Crippen molar-refractivity contribution in [2.24, 2.45) is 0 Å². The predicted molar refractivity (Wildman–Crippen MR) is 126 cm³/mol. The van der Waals surface area contributed by atoms with Gasteiger partial charge < -0.3 is 5.32 Å². The minimum absolute atomic E-state index is 0.0994. The maximum Gasteiger partial charge on any atom is 0.264 e. The first kappa shape index (κ1) is 22.1. The number of nitrogens with one attached hydrogen (secondary N) is 1. The number of amides is 1. The number of fused-ring (bicyclic) bond motifs is 1. The van der Waals surface area contributed by atoms with E-state index in [0.29, 0.717) is 18.1 Å². The number of aryl methyl sites for hydroxylation is 2. The lowest BCUT2D eigenvalue weighted by Gasteiger charge is -2.30. The molecule has 1 aliphatic heterocycles. The Kier molecular flexibility index (Phi) is 5.58. The zero-order valence-electron chi connectivity index (χ0n) is 18.8. The number of hydrogen-bond donors (Lipinski definition) is 1. The molecule has 4 rings (SSSR count). The molecule has 2 aromatic carbocycles. The van der Waals surface area contributed by atoms with Crippen molar-refractivity contribution in [3.63, 3.8) is 0 Å². The van der Waals surface area contributed by atoms with Gasteiger partial charge in [0.15, 0.2) is 0 Å². The van der Waals surface area contributed by atoms with Crippen LogP contribution in [0.5, 0.6) is 0 Å². The standard InChI is InChI=1S/C24H28N4O3S/c1-17-15-22(28(26-17)24(2,3)4)25-23(29)19-10-7-12-20(16-19)32(30,31)27-14-8-11-18-9-5-6-13-21(18)27/h5-7,9-10,12-13,15-16H,8,11,14H2,1-4H3,(H,25,29). The molecule has 168 valence electrons. The molecule has 0 spiro atoms. The van der Waals surface area contributed by atoms with Gasteiger partial charge in [-0.05, 0) is 70.4 Å². The zero-order valence-corrected chi connectivity index (χ0v) is 19.6. The summed E-state index contributed by atoms with van der Waals surface area (Å²) in [5.41, 5.74) is 2.47. The number of para-hydroxylation sites is 1. The molecule has 32 heavy (non-hydrogen) atoms. The summed E-state index contributed by atoms with van der Waals surface area (Å²) in [5.74, 6) is 0.185. The molecule has 0 saturated heterocycles. The lowest BCUT2D eigenvalue weighted by Crippen LogP contribution is -2.35. The van der Waals surface area contributed by atoms with Crippen LogP contribution in [-0.2, 0) is 22.0 Å². The SMILES string of the molecule is Cc1cc(NC(=O)c2cccc(S(=O)(=O)N3CCCc4ccccc43)c2)n(C(C)(C)C)n1. The van der Waals surface area contributed by atoms with Gasteiger partial charge in [0, 0.05) is 18.2 Å². The van der Waals surface area contributed by atoms with Crippen LogP contribution in [0, 0.1) is 6.92 Å². The van der Waals surface area contributed by atoms with Crippen molar-refractivity contribution in [3.8, 4) is 0 Å². The fourth-order valence-electron chi connectivity index (χ4n) is 3.96. The molecule has 0 unspecified atom stereocenters. The normalized spacial score (nSPS) is 14.2. The van der Waals surface area contributed by atoms with Crippen LogP contribution in [0.2, 0.25) is 0 Å². The van der Waals surface area contributed by atoms with Gasteiger partial charge in [0.25, 0.3) is 15.9 Å². The van der Waals surface area contributed by atoms with Gasteiger partial charge in [-0.1, -0.05) is 24.3 Å². The van der Waals surface area contributed by atoms with Crippen molar-refractivity contribution < 1.29 is 13.2 Å². The van der Waals surface area contributed by atoms with Crippen molar-refractivity contribution in [3.05, 3.63) is 71.4 Å². The van der Waals surface area contributed by atoms with E-state index in [4.69, 9.17) is 0 Å². The third-order valence-corrected chi connectivity index (χ3v) is 7.27. The Labute approximate surface area is 189 Å². The van der Waals surface area contributed by atoms with Gasteiger partial charge in [0.05, 0.1) is 21.8 Å². The molecule has 0 fully saturated rings. The lowest BCUT2D eigenvalue weighted by molar-refractivity contribution is 0.102. The van der Waals surface area contributed by atoms with Gasteiger partial charge >= 0.3 is 0 Å². The summed E-state index contributed by atoms with van der Waals surface area (Å²) in [7, 11) is -3.80. The summed E-state index contributed by atoms with van der Waals surface area (Å²) in [6, 6.07) is 15.5. The number of aromatic nitrogens is 2. The maximum atomic E-state index is 13.5. The summed E-state index contributed by atoms with van der Waals surface area (Å²) < 4.78 is 30.1. The van der Waals surface area contributed by atoms with Crippen molar-refractivity contribution in [1.29, 1.82) is 0 Å². The van der Waals surface area contributed by atoms with Gasteiger partial charge in [-0.25, -0.2) is 13.1 Å². The summed E-state index contributed by atoms with van der Waals surface area (Å²) >= 11 is 0. The predicted octanol–water partition coefficient (Wildman–Crippen LogP) is 4.34. The first-order valence-electron chi connectivity index (χ1n) is 10.7. The smallest absolute Gasteiger partial charge is 0.264 e. The van der Waals surface area contributed by atoms with E-state index in [0.717, 1.165) is 24.1 Å². The van der Waals surface area contributed by atoms with Gasteiger partial charge in [0.2, 0.25) is 0 Å². The average molecular weight is 453 g/mol. The summed E-state index contributed by atoms with van der Waals surface area (Å²) in [5, 5.41) is 7.35. The summed E-state index contributed by atoms with van der Waals surface area (Å²) in [6.45, 7) is 8.28. The highest BCUT2D eigenvalue weighted by Gasteiger charge is 2.29. The lowest BCUT2D eigenvalue weighted by atomic mass is 10.0. The highest BCUT2D eigenvalue weighted by Crippen LogP contribution is 2.32. The molecule has 8 heteroatoms. The van der Waals surface area contributed by atoms with Crippen molar-refractivity contribution in [2.75, 3.05) is 16.2 Å². The van der Waals surface area contributed by atoms with E-state index in [1.54, 1.807) is 22.9 Å². The second-order valence-corrected chi connectivity index (χ2v) is 10.9. The number of rotatable bonds is 4. The van der Waals surface area contributed by atoms with Crippen LogP contribution in [0.1, 0.15) is 48.8 Å². The van der Waals surface area contributed by atoms with E-state index in [-0.39, 0.29) is 21.9 Å². The molecule has 7 nitrogen and oxygen atoms in total. The second kappa shape index (κ2) is 8.09. The van der Waals surface area contributed by atoms with Crippen LogP contribution in [0.3, 0.4) is 0 Å². The second-order valence-electron chi connectivity index (χ2n) is 9.04. The Hall–Kier alpha value is -3.13. The number of nitrogens with zero attached hydrogens (tertiary/aromatic N) is 3. The number of anilines is 2. The van der Waals surface area contributed by atoms with Gasteiger partial charge in [-0.15, -0.1) is 0 Å². The van der Waals surface area contributed by atoms with Crippen molar-refractivity contribution in [1.82, 2.24) is 9.78 Å². The van der Waals surface area contributed by atoms with Crippen LogP contribution in [-0.4, -0.2) is 30.7 Å². The number of sulfonamides is 1. The molecular weight excluding hydrogens is 424 g/mol. The monoisotopic (exact) mass is 452 g/mol. The van der Waals surface area contributed by atoms with E-state index in [1.165, 1.54) is 16.4 Å². The minimum Gasteiger partial charge on any atom is -0.307 e. The van der Waals surface area contributed by atoms with Gasteiger partial charge in [-0.3, -0.25) is 9.10 Å². The van der Waals surface area contributed by atoms with Gasteiger partial charge in [0.1, 0.15) is 5.82 Å². The first-order chi connectivity index (χ1) is 15.1. The highest BCUT2D eigenvalue weighted by molar-refractivity contribution is 7.92. The third kappa shape index (κ3) is 4.14. The van der Waals surface area contributed by atoms with E-state index in [2.05, 4.69) is 10.4 Å². The Morgan fingerprint density at radius 3 is 2.56 bits per heavy atom. The molecule has 2 heterocycles. The van der Waals surface area contributed by atoms with Gasteiger partial charge in [-0.2, -0.15) is 5.10 Å². The molecular formula is C24H28N4O3S. The van der Waals surface area contributed by atoms with Crippen LogP contribution < -0.4 is 9.62 Å². The fraction of sp³-hybridized carbons (Fsp3) is 0.333. The van der Waals surface area contributed by atoms with Crippen LogP contribution in [0.15, 0.2) is 59.5 Å². The molecule has 1 amide bonds. The summed E-state index contributed by atoms with van der Waals surface area (Å²) in [6.07, 6.45) is 1.61. The van der Waals surface area contributed by atoms with Crippen LogP contribution in [0.4, 0.5) is 11.5 Å². The molecule has 0 saturated carbocycles. The topological polar surface area (TPSA) is 84.3 Å². The molecule has 0 radical (unpaired) electrons. The molecule has 3 aromatic rings. The number of hydrogen-bond acceptors (Lipinski definition) is 4. The highest BCUT2D eigenvalue weighted by atomic mass is 32.2. The molecule has 0 atom stereocenters. The molecule has 0 bridgehead atoms. The molecule has 1 aliphatic rings. The Morgan fingerprint density at radius 2 is 1.81 bits per heavy atom. The number of carbonyl (C=O) groups is 1. The fourth-order valence-corrected chi connectivity index (χ4v) is 5.55. The van der Waals surface area contributed by atoms with E-state index in [1.807, 2.05) is 52.0 Å². The van der Waals surface area contributed by atoms with E-state index >= 15 is 0 Å². The number of benzene rings is 2. The van der Waals surface area contributed by atoms with E-state index < -0.39 is 10.0 Å². The quantitative estimate of drug-likeness (QED) is 0.638. The third-order valence-electron chi connectivity index (χ3n) is 5.46. The van der Waals surface area contributed by atoms with E-state index in [9.17, 15) is 13.2 Å². The van der Waals surface area contributed by atoms with Crippen LogP contribution >= 0.6 is 0 Å².